The first-order chi connectivity index (χ1) is 8.58. The highest BCUT2D eigenvalue weighted by Crippen LogP contribution is 2.30. The molecule has 0 atom stereocenters. The lowest BCUT2D eigenvalue weighted by Gasteiger charge is -2.08. The van der Waals surface area contributed by atoms with Gasteiger partial charge in [0.15, 0.2) is 0 Å². The third-order valence-electron chi connectivity index (χ3n) is 1.98. The van der Waals surface area contributed by atoms with Crippen LogP contribution in [0, 0.1) is 5.82 Å². The number of nitrogens with zero attached hydrogens (tertiary/aromatic N) is 2. The molecule has 0 radical (unpaired) electrons. The van der Waals surface area contributed by atoms with Crippen LogP contribution < -0.4 is 21.7 Å². The summed E-state index contributed by atoms with van der Waals surface area (Å²) in [6.07, 6.45) is 0. The summed E-state index contributed by atoms with van der Waals surface area (Å²) in [4.78, 5) is 7.68. The van der Waals surface area contributed by atoms with Crippen LogP contribution in [0.4, 0.5) is 16.2 Å². The highest BCUT2D eigenvalue weighted by Gasteiger charge is 2.07. The fourth-order valence-electron chi connectivity index (χ4n) is 1.24. The number of benzene rings is 1. The van der Waals surface area contributed by atoms with E-state index in [-0.39, 0.29) is 17.6 Å². The first-order valence-electron chi connectivity index (χ1n) is 4.82. The van der Waals surface area contributed by atoms with Crippen LogP contribution in [0.1, 0.15) is 0 Å². The number of nitrogen functional groups attached to an aromatic ring is 2. The summed E-state index contributed by atoms with van der Waals surface area (Å²) in [6.45, 7) is 0. The van der Waals surface area contributed by atoms with Crippen LogP contribution >= 0.6 is 15.9 Å². The minimum absolute atomic E-state index is 0.0127. The van der Waals surface area contributed by atoms with Crippen molar-refractivity contribution in [2.45, 2.75) is 0 Å². The van der Waals surface area contributed by atoms with Crippen LogP contribution in [-0.2, 0) is 0 Å². The van der Waals surface area contributed by atoms with Crippen molar-refractivity contribution < 1.29 is 9.13 Å². The van der Waals surface area contributed by atoms with Crippen molar-refractivity contribution in [1.82, 2.24) is 9.97 Å². The van der Waals surface area contributed by atoms with Gasteiger partial charge in [-0.1, -0.05) is 0 Å². The second-order valence-electron chi connectivity index (χ2n) is 3.27. The van der Waals surface area contributed by atoms with E-state index in [4.69, 9.17) is 16.3 Å². The molecule has 5 N–H and O–H groups in total. The maximum Gasteiger partial charge on any atom is 0.226 e. The highest BCUT2D eigenvalue weighted by molar-refractivity contribution is 9.10. The summed E-state index contributed by atoms with van der Waals surface area (Å²) < 4.78 is 18.8. The quantitative estimate of drug-likeness (QED) is 0.592. The number of nitrogens with two attached hydrogens (primary N) is 2. The number of hydrogen-bond donors (Lipinski definition) is 3. The van der Waals surface area contributed by atoms with Crippen LogP contribution in [0.3, 0.4) is 0 Å². The summed E-state index contributed by atoms with van der Waals surface area (Å²) in [5, 5.41) is 0. The van der Waals surface area contributed by atoms with Crippen molar-refractivity contribution in [1.29, 1.82) is 0 Å². The van der Waals surface area contributed by atoms with Gasteiger partial charge in [0.2, 0.25) is 11.8 Å². The van der Waals surface area contributed by atoms with Crippen molar-refractivity contribution >= 4 is 27.7 Å². The molecule has 2 rings (SSSR count). The molecule has 0 spiro atoms. The van der Waals surface area contributed by atoms with Gasteiger partial charge in [-0.3, -0.25) is 0 Å². The Morgan fingerprint density at radius 1 is 1.28 bits per heavy atom. The number of anilines is 2. The van der Waals surface area contributed by atoms with Crippen molar-refractivity contribution in [3.63, 3.8) is 0 Å². The molecule has 8 heteroatoms. The Hall–Kier alpha value is -1.93. The molecule has 1 aromatic heterocycles. The Labute approximate surface area is 110 Å². The zero-order valence-electron chi connectivity index (χ0n) is 9.02. The summed E-state index contributed by atoms with van der Waals surface area (Å²) in [6, 6.07) is 5.48. The summed E-state index contributed by atoms with van der Waals surface area (Å²) >= 11 is 3.18. The van der Waals surface area contributed by atoms with Crippen molar-refractivity contribution in [3.05, 3.63) is 34.6 Å². The number of halogens is 2. The average Bonchev–Trinajstić information content (AvgIpc) is 2.32. The standard InChI is InChI=1S/C10H9BrFN5O/c11-6-3-5(12)1-2-7(6)18-9-4-8(17-14)15-10(13)16-9/h1-4H,14H2,(H3,13,15,16,17). The SMILES string of the molecule is NNc1cc(Oc2ccc(F)cc2Br)nc(N)n1. The van der Waals surface area contributed by atoms with Gasteiger partial charge in [0.05, 0.1) is 4.47 Å². The lowest BCUT2D eigenvalue weighted by atomic mass is 10.3. The van der Waals surface area contributed by atoms with Gasteiger partial charge in [0.1, 0.15) is 17.4 Å². The van der Waals surface area contributed by atoms with Crippen LogP contribution in [0.2, 0.25) is 0 Å². The molecule has 6 nitrogen and oxygen atoms in total. The van der Waals surface area contributed by atoms with Crippen molar-refractivity contribution in [3.8, 4) is 11.6 Å². The summed E-state index contributed by atoms with van der Waals surface area (Å²) in [5.74, 6) is 5.77. The van der Waals surface area contributed by atoms with E-state index in [0.717, 1.165) is 0 Å². The Kier molecular flexibility index (Phi) is 3.58. The van der Waals surface area contributed by atoms with Gasteiger partial charge < -0.3 is 15.9 Å². The minimum Gasteiger partial charge on any atom is -0.438 e. The number of hydrogen-bond acceptors (Lipinski definition) is 6. The van der Waals surface area contributed by atoms with E-state index in [9.17, 15) is 4.39 Å². The lowest BCUT2D eigenvalue weighted by Crippen LogP contribution is -2.10. The normalized spacial score (nSPS) is 10.2. The molecule has 2 aromatic rings. The fraction of sp³-hybridized carbons (Fsp3) is 0. The molecular formula is C10H9BrFN5O. The van der Waals surface area contributed by atoms with E-state index in [1.165, 1.54) is 24.3 Å². The van der Waals surface area contributed by atoms with E-state index in [1.807, 2.05) is 0 Å². The van der Waals surface area contributed by atoms with Crippen LogP contribution in [0.5, 0.6) is 11.6 Å². The largest absolute Gasteiger partial charge is 0.438 e. The highest BCUT2D eigenvalue weighted by atomic mass is 79.9. The maximum absolute atomic E-state index is 12.9. The molecule has 1 aromatic carbocycles. The van der Waals surface area contributed by atoms with Crippen LogP contribution in [-0.4, -0.2) is 9.97 Å². The van der Waals surface area contributed by atoms with Gasteiger partial charge in [-0.25, -0.2) is 10.2 Å². The minimum atomic E-state index is -0.374. The van der Waals surface area contributed by atoms with E-state index in [2.05, 4.69) is 31.3 Å². The zero-order chi connectivity index (χ0) is 13.1. The predicted octanol–water partition coefficient (Wildman–Crippen LogP) is 2.04. The number of hydrazine groups is 1. The van der Waals surface area contributed by atoms with E-state index in [0.29, 0.717) is 16.0 Å². The molecule has 1 heterocycles. The van der Waals surface area contributed by atoms with Crippen molar-refractivity contribution in [2.75, 3.05) is 11.2 Å². The molecular weight excluding hydrogens is 305 g/mol. The van der Waals surface area contributed by atoms with E-state index >= 15 is 0 Å². The zero-order valence-corrected chi connectivity index (χ0v) is 10.6. The summed E-state index contributed by atoms with van der Waals surface area (Å²) in [5.41, 5.74) is 7.82. The molecule has 0 unspecified atom stereocenters. The van der Waals surface area contributed by atoms with Crippen LogP contribution in [0.15, 0.2) is 28.7 Å². The van der Waals surface area contributed by atoms with Gasteiger partial charge in [-0.2, -0.15) is 9.97 Å². The van der Waals surface area contributed by atoms with Gasteiger partial charge in [0, 0.05) is 6.07 Å². The Bertz CT molecular complexity index is 580. The van der Waals surface area contributed by atoms with Gasteiger partial charge in [0.25, 0.3) is 0 Å². The smallest absolute Gasteiger partial charge is 0.226 e. The number of aromatic nitrogens is 2. The van der Waals surface area contributed by atoms with E-state index in [1.54, 1.807) is 0 Å². The molecule has 0 aliphatic heterocycles. The molecule has 18 heavy (non-hydrogen) atoms. The molecule has 0 fully saturated rings. The molecule has 94 valence electrons. The Morgan fingerprint density at radius 3 is 2.72 bits per heavy atom. The maximum atomic E-state index is 12.9. The Balaban J connectivity index is 2.30. The number of nitrogens with one attached hydrogen (secondary N) is 1. The molecule has 0 amide bonds. The monoisotopic (exact) mass is 313 g/mol. The van der Waals surface area contributed by atoms with Crippen molar-refractivity contribution in [2.24, 2.45) is 5.84 Å². The first kappa shape index (κ1) is 12.5. The fourth-order valence-corrected chi connectivity index (χ4v) is 1.67. The predicted molar refractivity (Wildman–Crippen MR) is 68.4 cm³/mol. The number of ether oxygens (including phenoxy) is 1. The second kappa shape index (κ2) is 5.15. The molecule has 0 aliphatic carbocycles. The second-order valence-corrected chi connectivity index (χ2v) is 4.13. The molecule has 0 saturated carbocycles. The lowest BCUT2D eigenvalue weighted by molar-refractivity contribution is 0.458. The number of rotatable bonds is 3. The van der Waals surface area contributed by atoms with Gasteiger partial charge in [-0.05, 0) is 34.1 Å². The molecule has 0 aliphatic rings. The van der Waals surface area contributed by atoms with E-state index < -0.39 is 0 Å². The van der Waals surface area contributed by atoms with Crippen LogP contribution in [0.25, 0.3) is 0 Å². The third-order valence-corrected chi connectivity index (χ3v) is 2.60. The topological polar surface area (TPSA) is 99.1 Å². The Morgan fingerprint density at radius 2 is 2.06 bits per heavy atom. The molecule has 0 saturated heterocycles. The third kappa shape index (κ3) is 2.84. The van der Waals surface area contributed by atoms with Gasteiger partial charge in [-0.15, -0.1) is 0 Å². The molecule has 0 bridgehead atoms. The average molecular weight is 314 g/mol. The summed E-state index contributed by atoms with van der Waals surface area (Å²) in [7, 11) is 0. The first-order valence-corrected chi connectivity index (χ1v) is 5.62. The van der Waals surface area contributed by atoms with Gasteiger partial charge >= 0.3 is 0 Å².